The van der Waals surface area contributed by atoms with E-state index in [1.54, 1.807) is 0 Å². The maximum absolute atomic E-state index is 6.29. The van der Waals surface area contributed by atoms with Gasteiger partial charge in [-0.05, 0) is 6.26 Å². The van der Waals surface area contributed by atoms with Crippen LogP contribution in [0.1, 0.15) is 0 Å². The number of hydrogen-bond donors (Lipinski definition) is 1. The van der Waals surface area contributed by atoms with Gasteiger partial charge >= 0.3 is 0 Å². The van der Waals surface area contributed by atoms with Crippen molar-refractivity contribution >= 4 is 41.3 Å². The summed E-state index contributed by atoms with van der Waals surface area (Å²) in [5.41, 5.74) is 1.29. The topological polar surface area (TPSA) is 23.9 Å². The van der Waals surface area contributed by atoms with Gasteiger partial charge in [0.2, 0.25) is 0 Å². The molecule has 0 rings (SSSR count). The third-order valence-electron chi connectivity index (χ3n) is 0.118. The van der Waals surface area contributed by atoms with Gasteiger partial charge < -0.3 is 5.41 Å². The molecule has 0 spiro atoms. The molecular formula is C2H6INS. The Morgan fingerprint density at radius 3 is 2.00 bits per heavy atom. The molecule has 0 bridgehead atoms. The zero-order valence-corrected chi connectivity index (χ0v) is 6.04. The van der Waals surface area contributed by atoms with E-state index in [0.717, 1.165) is 0 Å². The first-order valence-corrected chi connectivity index (χ1v) is 2.22. The number of nitrogens with one attached hydrogen (secondary N) is 1. The summed E-state index contributed by atoms with van der Waals surface area (Å²) in [7, 11) is 0. The molecule has 0 aromatic rings. The van der Waals surface area contributed by atoms with E-state index < -0.39 is 0 Å². The normalized spacial score (nSPS) is 5.00. The molecule has 5 heavy (non-hydrogen) atoms. The van der Waals surface area contributed by atoms with Crippen LogP contribution in [0.3, 0.4) is 0 Å². The summed E-state index contributed by atoms with van der Waals surface area (Å²) in [6.45, 7) is 0. The highest BCUT2D eigenvalue weighted by Crippen LogP contribution is 1.74. The maximum Gasteiger partial charge on any atom is 0.0503 e. The fourth-order valence-corrected chi connectivity index (χ4v) is 0. The summed E-state index contributed by atoms with van der Waals surface area (Å²) in [6, 6.07) is 0. The molecule has 0 aliphatic carbocycles. The van der Waals surface area contributed by atoms with Gasteiger partial charge in [0.05, 0.1) is 5.55 Å². The van der Waals surface area contributed by atoms with Crippen molar-refractivity contribution in [2.75, 3.05) is 6.26 Å². The predicted octanol–water partition coefficient (Wildman–Crippen LogP) is 1.57. The monoisotopic (exact) mass is 203 g/mol. The van der Waals surface area contributed by atoms with Gasteiger partial charge in [-0.1, -0.05) is 0 Å². The minimum atomic E-state index is 0. The second-order valence-electron chi connectivity index (χ2n) is 0.354. The molecule has 0 aromatic heterocycles. The molecule has 1 N–H and O–H groups in total. The van der Waals surface area contributed by atoms with Crippen LogP contribution in [0.4, 0.5) is 0 Å². The van der Waals surface area contributed by atoms with Crippen molar-refractivity contribution in [3.63, 3.8) is 0 Å². The lowest BCUT2D eigenvalue weighted by Crippen LogP contribution is -1.42. The lowest BCUT2D eigenvalue weighted by Gasteiger charge is -1.57. The smallest absolute Gasteiger partial charge is 0.0503 e. The molecule has 0 aliphatic heterocycles. The van der Waals surface area contributed by atoms with Crippen LogP contribution in [-0.4, -0.2) is 11.8 Å². The van der Waals surface area contributed by atoms with E-state index >= 15 is 0 Å². The molecule has 1 nitrogen and oxygen atoms in total. The van der Waals surface area contributed by atoms with Crippen LogP contribution < -0.4 is 0 Å². The Kier molecular flexibility index (Phi) is 16.3. The first kappa shape index (κ1) is 9.23. The van der Waals surface area contributed by atoms with Gasteiger partial charge in [-0.3, -0.25) is 0 Å². The van der Waals surface area contributed by atoms with Gasteiger partial charge in [-0.2, -0.15) is 0 Å². The molecule has 32 valence electrons. The summed E-state index contributed by atoms with van der Waals surface area (Å²) >= 11 is 1.40. The van der Waals surface area contributed by atoms with E-state index in [1.165, 1.54) is 17.3 Å². The maximum atomic E-state index is 6.29. The first-order chi connectivity index (χ1) is 1.91. The largest absolute Gasteiger partial charge is 0.302 e. The molecule has 0 radical (unpaired) electrons. The lowest BCUT2D eigenvalue weighted by atomic mass is 11.7. The molecule has 0 saturated heterocycles. The second kappa shape index (κ2) is 8.83. The minimum absolute atomic E-state index is 0. The zero-order chi connectivity index (χ0) is 3.41. The molecular weight excluding hydrogens is 197 g/mol. The Morgan fingerprint density at radius 2 is 2.00 bits per heavy atom. The quantitative estimate of drug-likeness (QED) is 0.390. The van der Waals surface area contributed by atoms with E-state index in [4.69, 9.17) is 5.41 Å². The van der Waals surface area contributed by atoms with E-state index in [9.17, 15) is 0 Å². The van der Waals surface area contributed by atoms with Crippen LogP contribution in [0, 0.1) is 5.41 Å². The third-order valence-corrected chi connectivity index (χ3v) is 0.354. The van der Waals surface area contributed by atoms with Gasteiger partial charge in [0.1, 0.15) is 0 Å². The van der Waals surface area contributed by atoms with Crippen LogP contribution in [0.25, 0.3) is 0 Å². The standard InChI is InChI=1S/C2H5NS.HI/c1-4-2-3;/h2-3H,1H3;1H. The third kappa shape index (κ3) is 11.7. The van der Waals surface area contributed by atoms with E-state index in [1.807, 2.05) is 6.26 Å². The van der Waals surface area contributed by atoms with Gasteiger partial charge in [-0.25, -0.2) is 0 Å². The Labute approximate surface area is 53.1 Å². The molecule has 0 amide bonds. The van der Waals surface area contributed by atoms with E-state index in [0.29, 0.717) is 0 Å². The molecule has 0 saturated carbocycles. The van der Waals surface area contributed by atoms with Crippen molar-refractivity contribution in [1.82, 2.24) is 0 Å². The van der Waals surface area contributed by atoms with Gasteiger partial charge in [0.15, 0.2) is 0 Å². The van der Waals surface area contributed by atoms with Crippen LogP contribution >= 0.6 is 35.7 Å². The zero-order valence-electron chi connectivity index (χ0n) is 2.89. The Morgan fingerprint density at radius 1 is 1.80 bits per heavy atom. The second-order valence-corrected chi connectivity index (χ2v) is 1.06. The Hall–Kier alpha value is 0.750. The highest BCUT2D eigenvalue weighted by atomic mass is 127. The van der Waals surface area contributed by atoms with Gasteiger partial charge in [0.25, 0.3) is 0 Å². The SMILES string of the molecule is CSC=N.I. The summed E-state index contributed by atoms with van der Waals surface area (Å²) in [4.78, 5) is 0. The van der Waals surface area contributed by atoms with Gasteiger partial charge in [0, 0.05) is 0 Å². The van der Waals surface area contributed by atoms with E-state index in [-0.39, 0.29) is 24.0 Å². The molecule has 0 aromatic carbocycles. The molecule has 0 aliphatic rings. The highest BCUT2D eigenvalue weighted by Gasteiger charge is 1.46. The van der Waals surface area contributed by atoms with Crippen LogP contribution in [-0.2, 0) is 0 Å². The van der Waals surface area contributed by atoms with Crippen LogP contribution in [0.2, 0.25) is 0 Å². The molecule has 0 unspecified atom stereocenters. The highest BCUT2D eigenvalue weighted by molar-refractivity contribution is 14.0. The van der Waals surface area contributed by atoms with Crippen molar-refractivity contribution in [3.8, 4) is 0 Å². The number of hydrogen-bond acceptors (Lipinski definition) is 2. The summed E-state index contributed by atoms with van der Waals surface area (Å²) in [5, 5.41) is 6.29. The first-order valence-electron chi connectivity index (χ1n) is 0.933. The number of thioether (sulfide) groups is 1. The Bertz CT molecular complexity index is 23.6. The number of rotatable bonds is 1. The predicted molar refractivity (Wildman–Crippen MR) is 37.7 cm³/mol. The average molecular weight is 203 g/mol. The van der Waals surface area contributed by atoms with Crippen molar-refractivity contribution in [2.24, 2.45) is 0 Å². The lowest BCUT2D eigenvalue weighted by molar-refractivity contribution is 1.60. The summed E-state index contributed by atoms with van der Waals surface area (Å²) in [5.74, 6) is 0. The summed E-state index contributed by atoms with van der Waals surface area (Å²) in [6.07, 6.45) is 1.85. The molecule has 3 heteroatoms. The minimum Gasteiger partial charge on any atom is -0.302 e. The molecule has 0 atom stereocenters. The number of halogens is 1. The fourth-order valence-electron chi connectivity index (χ4n) is 0. The van der Waals surface area contributed by atoms with Gasteiger partial charge in [-0.15, -0.1) is 35.7 Å². The van der Waals surface area contributed by atoms with E-state index in [2.05, 4.69) is 0 Å². The van der Waals surface area contributed by atoms with Crippen LogP contribution in [0.5, 0.6) is 0 Å². The van der Waals surface area contributed by atoms with Crippen molar-refractivity contribution in [3.05, 3.63) is 0 Å². The summed E-state index contributed by atoms with van der Waals surface area (Å²) < 4.78 is 0. The fraction of sp³-hybridized carbons (Fsp3) is 0.500. The van der Waals surface area contributed by atoms with Crippen molar-refractivity contribution < 1.29 is 0 Å². The van der Waals surface area contributed by atoms with Crippen molar-refractivity contribution in [2.45, 2.75) is 0 Å². The Balaban J connectivity index is 0. The molecule has 0 fully saturated rings. The molecule has 0 heterocycles. The van der Waals surface area contributed by atoms with Crippen molar-refractivity contribution in [1.29, 1.82) is 5.41 Å². The van der Waals surface area contributed by atoms with Crippen LogP contribution in [0.15, 0.2) is 0 Å². The average Bonchev–Trinajstić information content (AvgIpc) is 1.37.